The first kappa shape index (κ1) is 14.8. The zero-order chi connectivity index (χ0) is 13.8. The number of aliphatic hydroxyl groups excluding tert-OH is 1. The van der Waals surface area contributed by atoms with Gasteiger partial charge in [-0.25, -0.2) is 0 Å². The van der Waals surface area contributed by atoms with Crippen LogP contribution in [0.5, 0.6) is 0 Å². The smallest absolute Gasteiger partial charge is 0.0513 e. The van der Waals surface area contributed by atoms with Crippen molar-refractivity contribution in [2.24, 2.45) is 5.92 Å². The van der Waals surface area contributed by atoms with Gasteiger partial charge in [0, 0.05) is 36.8 Å². The summed E-state index contributed by atoms with van der Waals surface area (Å²) in [5.74, 6) is 0.626. The third-order valence-corrected chi connectivity index (χ3v) is 4.39. The zero-order valence-corrected chi connectivity index (χ0v) is 13.3. The molecule has 1 aromatic carbocycles. The fraction of sp³-hybridized carbons (Fsp3) is 0.600. The second-order valence-electron chi connectivity index (χ2n) is 5.60. The molecule has 1 N–H and O–H groups in total. The fourth-order valence-electron chi connectivity index (χ4n) is 2.98. The van der Waals surface area contributed by atoms with Crippen LogP contribution in [0.25, 0.3) is 0 Å². The number of para-hydroxylation sites is 1. The van der Waals surface area contributed by atoms with Crippen LogP contribution in [0.4, 0.5) is 5.69 Å². The maximum Gasteiger partial charge on any atom is 0.0513 e. The molecule has 1 fully saturated rings. The summed E-state index contributed by atoms with van der Waals surface area (Å²) >= 11 is 3.65. The van der Waals surface area contributed by atoms with Gasteiger partial charge in [-0.2, -0.15) is 0 Å². The predicted molar refractivity (Wildman–Crippen MR) is 83.6 cm³/mol. The van der Waals surface area contributed by atoms with E-state index in [0.29, 0.717) is 12.0 Å². The Labute approximate surface area is 124 Å². The summed E-state index contributed by atoms with van der Waals surface area (Å²) < 4.78 is 1.13. The highest BCUT2D eigenvalue weighted by Crippen LogP contribution is 2.30. The SMILES string of the molecule is CC1CN(C)CC(CCO)N(c2ccccc2Br)C1. The highest BCUT2D eigenvalue weighted by atomic mass is 79.9. The molecule has 106 valence electrons. The number of aliphatic hydroxyl groups is 1. The molecule has 0 aliphatic carbocycles. The standard InChI is InChI=1S/C15H23BrN2O/c1-12-9-17(2)11-13(7-8-19)18(10-12)15-6-4-3-5-14(15)16/h3-6,12-13,19H,7-11H2,1-2H3. The molecule has 0 saturated carbocycles. The Bertz CT molecular complexity index is 413. The Hall–Kier alpha value is -0.580. The number of rotatable bonds is 3. The predicted octanol–water partition coefficient (Wildman–Crippen LogP) is 2.59. The Morgan fingerprint density at radius 2 is 2.00 bits per heavy atom. The van der Waals surface area contributed by atoms with Gasteiger partial charge >= 0.3 is 0 Å². The molecule has 4 heteroatoms. The van der Waals surface area contributed by atoms with E-state index in [1.54, 1.807) is 0 Å². The van der Waals surface area contributed by atoms with Crippen molar-refractivity contribution in [1.82, 2.24) is 4.90 Å². The normalized spacial score (nSPS) is 25.4. The van der Waals surface area contributed by atoms with Gasteiger partial charge in [-0.1, -0.05) is 19.1 Å². The lowest BCUT2D eigenvalue weighted by Crippen LogP contribution is -2.41. The van der Waals surface area contributed by atoms with E-state index in [4.69, 9.17) is 0 Å². The average molecular weight is 327 g/mol. The van der Waals surface area contributed by atoms with E-state index in [0.717, 1.165) is 30.5 Å². The van der Waals surface area contributed by atoms with Crippen LogP contribution in [-0.4, -0.2) is 49.3 Å². The molecular weight excluding hydrogens is 304 g/mol. The summed E-state index contributed by atoms with van der Waals surface area (Å²) in [6.45, 7) is 5.70. The van der Waals surface area contributed by atoms with E-state index in [1.165, 1.54) is 5.69 Å². The van der Waals surface area contributed by atoms with Crippen molar-refractivity contribution in [1.29, 1.82) is 0 Å². The quantitative estimate of drug-likeness (QED) is 0.924. The van der Waals surface area contributed by atoms with E-state index in [-0.39, 0.29) is 6.61 Å². The lowest BCUT2D eigenvalue weighted by molar-refractivity contribution is 0.250. The summed E-state index contributed by atoms with van der Waals surface area (Å²) in [7, 11) is 2.17. The van der Waals surface area contributed by atoms with Crippen LogP contribution in [0.15, 0.2) is 28.7 Å². The summed E-state index contributed by atoms with van der Waals surface area (Å²) in [5, 5.41) is 9.34. The van der Waals surface area contributed by atoms with Crippen LogP contribution in [-0.2, 0) is 0 Å². The van der Waals surface area contributed by atoms with E-state index >= 15 is 0 Å². The first-order valence-corrected chi connectivity index (χ1v) is 7.71. The minimum atomic E-state index is 0.244. The summed E-state index contributed by atoms with van der Waals surface area (Å²) in [5.41, 5.74) is 1.24. The first-order valence-electron chi connectivity index (χ1n) is 6.92. The minimum Gasteiger partial charge on any atom is -0.396 e. The monoisotopic (exact) mass is 326 g/mol. The average Bonchev–Trinajstić information content (AvgIpc) is 2.49. The summed E-state index contributed by atoms with van der Waals surface area (Å²) in [4.78, 5) is 4.83. The van der Waals surface area contributed by atoms with E-state index in [2.05, 4.69) is 57.9 Å². The molecule has 0 spiro atoms. The zero-order valence-electron chi connectivity index (χ0n) is 11.7. The number of hydrogen-bond acceptors (Lipinski definition) is 3. The van der Waals surface area contributed by atoms with Gasteiger partial charge in [-0.15, -0.1) is 0 Å². The number of halogens is 1. The molecule has 1 heterocycles. The van der Waals surface area contributed by atoms with E-state index in [9.17, 15) is 5.11 Å². The second kappa shape index (κ2) is 6.73. The van der Waals surface area contributed by atoms with Gasteiger partial charge in [0.1, 0.15) is 0 Å². The van der Waals surface area contributed by atoms with Crippen molar-refractivity contribution in [3.8, 4) is 0 Å². The Kier molecular flexibility index (Phi) is 5.25. The molecule has 2 atom stereocenters. The maximum absolute atomic E-state index is 9.34. The lowest BCUT2D eigenvalue weighted by Gasteiger charge is -2.34. The number of hydrogen-bond donors (Lipinski definition) is 1. The van der Waals surface area contributed by atoms with Gasteiger partial charge in [-0.05, 0) is 47.4 Å². The molecule has 0 radical (unpaired) electrons. The molecule has 19 heavy (non-hydrogen) atoms. The van der Waals surface area contributed by atoms with Gasteiger partial charge in [0.25, 0.3) is 0 Å². The molecule has 1 saturated heterocycles. The third-order valence-electron chi connectivity index (χ3n) is 3.72. The molecule has 3 nitrogen and oxygen atoms in total. The van der Waals surface area contributed by atoms with Gasteiger partial charge < -0.3 is 14.9 Å². The number of benzene rings is 1. The molecule has 1 aromatic rings. The summed E-state index contributed by atoms with van der Waals surface area (Å²) in [6.07, 6.45) is 0.818. The summed E-state index contributed by atoms with van der Waals surface area (Å²) in [6, 6.07) is 8.74. The maximum atomic E-state index is 9.34. The van der Waals surface area contributed by atoms with Crippen molar-refractivity contribution in [2.45, 2.75) is 19.4 Å². The largest absolute Gasteiger partial charge is 0.396 e. The number of likely N-dealkylation sites (N-methyl/N-ethyl adjacent to an activating group) is 1. The van der Waals surface area contributed by atoms with Crippen LogP contribution in [0.1, 0.15) is 13.3 Å². The molecule has 2 rings (SSSR count). The van der Waals surface area contributed by atoms with Gasteiger partial charge in [0.15, 0.2) is 0 Å². The van der Waals surface area contributed by atoms with Crippen LogP contribution in [0.3, 0.4) is 0 Å². The fourth-order valence-corrected chi connectivity index (χ4v) is 3.50. The topological polar surface area (TPSA) is 26.7 Å². The third kappa shape index (κ3) is 3.71. The highest BCUT2D eigenvalue weighted by Gasteiger charge is 2.27. The lowest BCUT2D eigenvalue weighted by atomic mass is 10.1. The van der Waals surface area contributed by atoms with Crippen molar-refractivity contribution in [3.63, 3.8) is 0 Å². The van der Waals surface area contributed by atoms with Gasteiger partial charge in [0.05, 0.1) is 5.69 Å². The van der Waals surface area contributed by atoms with E-state index in [1.807, 2.05) is 6.07 Å². The van der Waals surface area contributed by atoms with Crippen molar-refractivity contribution < 1.29 is 5.11 Å². The van der Waals surface area contributed by atoms with Crippen LogP contribution < -0.4 is 4.90 Å². The second-order valence-corrected chi connectivity index (χ2v) is 6.45. The Balaban J connectivity index is 2.29. The van der Waals surface area contributed by atoms with Crippen LogP contribution in [0, 0.1) is 5.92 Å². The van der Waals surface area contributed by atoms with Gasteiger partial charge in [-0.3, -0.25) is 0 Å². The Morgan fingerprint density at radius 3 is 2.68 bits per heavy atom. The molecular formula is C15H23BrN2O. The molecule has 1 aliphatic rings. The number of nitrogens with zero attached hydrogens (tertiary/aromatic N) is 2. The van der Waals surface area contributed by atoms with E-state index < -0.39 is 0 Å². The van der Waals surface area contributed by atoms with Crippen molar-refractivity contribution in [3.05, 3.63) is 28.7 Å². The highest BCUT2D eigenvalue weighted by molar-refractivity contribution is 9.10. The Morgan fingerprint density at radius 1 is 1.26 bits per heavy atom. The van der Waals surface area contributed by atoms with Crippen LogP contribution in [0.2, 0.25) is 0 Å². The first-order chi connectivity index (χ1) is 9.11. The van der Waals surface area contributed by atoms with Crippen molar-refractivity contribution in [2.75, 3.05) is 38.2 Å². The van der Waals surface area contributed by atoms with Gasteiger partial charge in [0.2, 0.25) is 0 Å². The molecule has 0 bridgehead atoms. The number of anilines is 1. The van der Waals surface area contributed by atoms with Crippen LogP contribution >= 0.6 is 15.9 Å². The van der Waals surface area contributed by atoms with Crippen molar-refractivity contribution >= 4 is 21.6 Å². The molecule has 2 unspecified atom stereocenters. The molecule has 0 aromatic heterocycles. The minimum absolute atomic E-state index is 0.244. The molecule has 1 aliphatic heterocycles. The molecule has 0 amide bonds.